The number of carbonyl (C=O) groups excluding carboxylic acids is 1. The van der Waals surface area contributed by atoms with E-state index in [9.17, 15) is 14.4 Å². The fourth-order valence-corrected chi connectivity index (χ4v) is 1.74. The van der Waals surface area contributed by atoms with Crippen molar-refractivity contribution in [1.29, 1.82) is 0 Å². The molecule has 1 aromatic heterocycles. The van der Waals surface area contributed by atoms with Crippen molar-refractivity contribution in [3.8, 4) is 0 Å². The predicted octanol–water partition coefficient (Wildman–Crippen LogP) is 0.942. The molecule has 0 unspecified atom stereocenters. The van der Waals surface area contributed by atoms with Gasteiger partial charge in [0.1, 0.15) is 0 Å². The molecule has 0 radical (unpaired) electrons. The molecule has 6 heteroatoms. The first-order valence-electron chi connectivity index (χ1n) is 5.47. The van der Waals surface area contributed by atoms with E-state index in [-0.39, 0.29) is 17.5 Å². The molecule has 0 aliphatic rings. The highest BCUT2D eigenvalue weighted by Gasteiger charge is 2.10. The summed E-state index contributed by atoms with van der Waals surface area (Å²) >= 11 is 0. The van der Waals surface area contributed by atoms with Gasteiger partial charge in [0.2, 0.25) is 0 Å². The van der Waals surface area contributed by atoms with E-state index in [0.717, 1.165) is 0 Å². The number of H-pyrrole nitrogens is 1. The number of pyridine rings is 1. The van der Waals surface area contributed by atoms with Gasteiger partial charge in [0, 0.05) is 11.1 Å². The normalized spacial score (nSPS) is 10.4. The Morgan fingerprint density at radius 2 is 2.05 bits per heavy atom. The fourth-order valence-electron chi connectivity index (χ4n) is 1.74. The number of rotatable bonds is 3. The summed E-state index contributed by atoms with van der Waals surface area (Å²) < 4.78 is 4.50. The van der Waals surface area contributed by atoms with E-state index in [1.807, 2.05) is 0 Å². The van der Waals surface area contributed by atoms with E-state index in [2.05, 4.69) is 9.72 Å². The van der Waals surface area contributed by atoms with Crippen molar-refractivity contribution < 1.29 is 19.4 Å². The molecule has 0 bridgehead atoms. The topological polar surface area (TPSA) is 96.5 Å². The Morgan fingerprint density at radius 3 is 2.68 bits per heavy atom. The van der Waals surface area contributed by atoms with Gasteiger partial charge >= 0.3 is 11.9 Å². The number of carbonyl (C=O) groups is 2. The number of aromatic nitrogens is 1. The average molecular weight is 261 g/mol. The smallest absolute Gasteiger partial charge is 0.335 e. The summed E-state index contributed by atoms with van der Waals surface area (Å²) in [6.45, 7) is 0. The Kier molecular flexibility index (Phi) is 3.33. The van der Waals surface area contributed by atoms with E-state index >= 15 is 0 Å². The lowest BCUT2D eigenvalue weighted by Crippen LogP contribution is -2.17. The number of hydrogen-bond donors (Lipinski definition) is 2. The van der Waals surface area contributed by atoms with Gasteiger partial charge in [-0.1, -0.05) is 6.07 Å². The third-order valence-corrected chi connectivity index (χ3v) is 2.73. The van der Waals surface area contributed by atoms with Crippen molar-refractivity contribution in [2.24, 2.45) is 0 Å². The Morgan fingerprint density at radius 1 is 1.32 bits per heavy atom. The molecule has 19 heavy (non-hydrogen) atoms. The zero-order valence-electron chi connectivity index (χ0n) is 10.1. The minimum Gasteiger partial charge on any atom is -0.478 e. The maximum atomic E-state index is 11.8. The van der Waals surface area contributed by atoms with E-state index < -0.39 is 17.5 Å². The SMILES string of the molecule is COC(=O)Cc1cc2ccc(C(=O)O)cc2[nH]c1=O. The second-order valence-corrected chi connectivity index (χ2v) is 3.98. The Labute approximate surface area is 107 Å². The number of ether oxygens (including phenoxy) is 1. The Balaban J connectivity index is 2.52. The average Bonchev–Trinajstić information content (AvgIpc) is 2.38. The van der Waals surface area contributed by atoms with Crippen LogP contribution in [0.1, 0.15) is 15.9 Å². The Hall–Kier alpha value is -2.63. The number of benzene rings is 1. The molecule has 0 amide bonds. The molecule has 2 N–H and O–H groups in total. The van der Waals surface area contributed by atoms with Crippen LogP contribution < -0.4 is 5.56 Å². The van der Waals surface area contributed by atoms with Crippen molar-refractivity contribution in [3.05, 3.63) is 45.7 Å². The summed E-state index contributed by atoms with van der Waals surface area (Å²) in [5.41, 5.74) is 0.352. The molecule has 1 aromatic carbocycles. The molecule has 0 saturated carbocycles. The van der Waals surface area contributed by atoms with E-state index in [1.165, 1.54) is 19.2 Å². The summed E-state index contributed by atoms with van der Waals surface area (Å²) in [7, 11) is 1.25. The summed E-state index contributed by atoms with van der Waals surface area (Å²) in [4.78, 5) is 36.3. The predicted molar refractivity (Wildman–Crippen MR) is 67.2 cm³/mol. The van der Waals surface area contributed by atoms with Gasteiger partial charge in [-0.2, -0.15) is 0 Å². The van der Waals surface area contributed by atoms with Crippen LogP contribution in [0.25, 0.3) is 10.9 Å². The maximum Gasteiger partial charge on any atom is 0.335 e. The number of aromatic carboxylic acids is 1. The molecule has 0 fully saturated rings. The van der Waals surface area contributed by atoms with Gasteiger partial charge in [-0.05, 0) is 23.6 Å². The van der Waals surface area contributed by atoms with E-state index in [4.69, 9.17) is 5.11 Å². The molecule has 0 spiro atoms. The Bertz CT molecular complexity index is 717. The number of aromatic amines is 1. The number of carboxylic acid groups (broad SMARTS) is 1. The first-order chi connectivity index (χ1) is 9.01. The van der Waals surface area contributed by atoms with E-state index in [0.29, 0.717) is 10.9 Å². The molecule has 6 nitrogen and oxygen atoms in total. The molecule has 0 atom stereocenters. The number of fused-ring (bicyclic) bond motifs is 1. The van der Waals surface area contributed by atoms with Crippen molar-refractivity contribution in [3.63, 3.8) is 0 Å². The molecule has 0 aliphatic heterocycles. The third-order valence-electron chi connectivity index (χ3n) is 2.73. The zero-order chi connectivity index (χ0) is 14.0. The first kappa shape index (κ1) is 12.8. The van der Waals surface area contributed by atoms with Gasteiger partial charge in [0.15, 0.2) is 0 Å². The van der Waals surface area contributed by atoms with Gasteiger partial charge in [-0.25, -0.2) is 4.79 Å². The van der Waals surface area contributed by atoms with Crippen LogP contribution in [0, 0.1) is 0 Å². The minimum atomic E-state index is -1.07. The second kappa shape index (κ2) is 4.93. The van der Waals surface area contributed by atoms with Crippen LogP contribution in [0.15, 0.2) is 29.1 Å². The molecule has 2 rings (SSSR count). The van der Waals surface area contributed by atoms with Gasteiger partial charge < -0.3 is 14.8 Å². The number of carboxylic acids is 1. The van der Waals surface area contributed by atoms with Gasteiger partial charge in [0.05, 0.1) is 19.1 Å². The molecular weight excluding hydrogens is 250 g/mol. The minimum absolute atomic E-state index is 0.0869. The zero-order valence-corrected chi connectivity index (χ0v) is 10.1. The standard InChI is InChI=1S/C13H11NO5/c1-19-11(15)6-9-4-7-2-3-8(13(17)18)5-10(7)14-12(9)16/h2-5H,6H2,1H3,(H,14,16)(H,17,18). The van der Waals surface area contributed by atoms with Gasteiger partial charge in [-0.3, -0.25) is 9.59 Å². The van der Waals surface area contributed by atoms with Crippen molar-refractivity contribution in [2.45, 2.75) is 6.42 Å². The lowest BCUT2D eigenvalue weighted by molar-refractivity contribution is -0.139. The molecule has 0 saturated heterocycles. The summed E-state index contributed by atoms with van der Waals surface area (Å²) in [5, 5.41) is 9.52. The lowest BCUT2D eigenvalue weighted by atomic mass is 10.1. The largest absolute Gasteiger partial charge is 0.478 e. The second-order valence-electron chi connectivity index (χ2n) is 3.98. The van der Waals surface area contributed by atoms with Crippen LogP contribution >= 0.6 is 0 Å². The summed E-state index contributed by atoms with van der Waals surface area (Å²) in [5.74, 6) is -1.58. The first-order valence-corrected chi connectivity index (χ1v) is 5.47. The number of methoxy groups -OCH3 is 1. The fraction of sp³-hybridized carbons (Fsp3) is 0.154. The van der Waals surface area contributed by atoms with Crippen molar-refractivity contribution in [2.75, 3.05) is 7.11 Å². The van der Waals surface area contributed by atoms with Crippen LogP contribution in [0.5, 0.6) is 0 Å². The maximum absolute atomic E-state index is 11.8. The number of hydrogen-bond acceptors (Lipinski definition) is 4. The van der Waals surface area contributed by atoms with Crippen molar-refractivity contribution >= 4 is 22.8 Å². The lowest BCUT2D eigenvalue weighted by Gasteiger charge is -2.03. The van der Waals surface area contributed by atoms with Crippen LogP contribution in [0.3, 0.4) is 0 Å². The van der Waals surface area contributed by atoms with Crippen LogP contribution in [-0.2, 0) is 16.0 Å². The molecule has 2 aromatic rings. The third kappa shape index (κ3) is 2.62. The summed E-state index contributed by atoms with van der Waals surface area (Å²) in [6, 6.07) is 5.94. The highest BCUT2D eigenvalue weighted by atomic mass is 16.5. The quantitative estimate of drug-likeness (QED) is 0.801. The molecule has 98 valence electrons. The van der Waals surface area contributed by atoms with Gasteiger partial charge in [0.25, 0.3) is 5.56 Å². The van der Waals surface area contributed by atoms with Crippen LogP contribution in [0.2, 0.25) is 0 Å². The van der Waals surface area contributed by atoms with E-state index in [1.54, 1.807) is 12.1 Å². The highest BCUT2D eigenvalue weighted by Crippen LogP contribution is 2.14. The number of esters is 1. The van der Waals surface area contributed by atoms with Crippen molar-refractivity contribution in [1.82, 2.24) is 4.98 Å². The number of nitrogens with one attached hydrogen (secondary N) is 1. The monoisotopic (exact) mass is 261 g/mol. The molecule has 0 aliphatic carbocycles. The highest BCUT2D eigenvalue weighted by molar-refractivity contribution is 5.93. The van der Waals surface area contributed by atoms with Gasteiger partial charge in [-0.15, -0.1) is 0 Å². The summed E-state index contributed by atoms with van der Waals surface area (Å²) in [6.07, 6.45) is -0.123. The molecular formula is C13H11NO5. The van der Waals surface area contributed by atoms with Crippen LogP contribution in [-0.4, -0.2) is 29.1 Å². The van der Waals surface area contributed by atoms with Crippen LogP contribution in [0.4, 0.5) is 0 Å². The molecule has 1 heterocycles.